The Labute approximate surface area is 188 Å². The Hall–Kier alpha value is -2.16. The zero-order valence-corrected chi connectivity index (χ0v) is 14.7. The summed E-state index contributed by atoms with van der Waals surface area (Å²) >= 11 is 0. The van der Waals surface area contributed by atoms with Gasteiger partial charge in [0.1, 0.15) is 11.3 Å². The zero-order valence-electron chi connectivity index (χ0n) is 14.7. The van der Waals surface area contributed by atoms with E-state index in [9.17, 15) is 29.4 Å². The average molecular weight is 413 g/mol. The van der Waals surface area contributed by atoms with E-state index in [1.54, 1.807) is 6.92 Å². The number of hydrogen-bond acceptors (Lipinski definition) is 5. The molecule has 0 aliphatic rings. The summed E-state index contributed by atoms with van der Waals surface area (Å²) in [5.74, 6) is -3.15. The van der Waals surface area contributed by atoms with Crippen molar-refractivity contribution >= 4 is 71.5 Å². The monoisotopic (exact) mass is 413 g/mol. The molecule has 0 spiro atoms. The Kier molecular flexibility index (Phi) is 6.69. The molecule has 1 aromatic carbocycles. The molecule has 0 saturated carbocycles. The first-order valence-electron chi connectivity index (χ1n) is 8.44. The third kappa shape index (κ3) is 3.59. The fourth-order valence-corrected chi connectivity index (χ4v) is 3.34. The number of benzene rings is 1. The van der Waals surface area contributed by atoms with Crippen LogP contribution in [0.25, 0.3) is 21.9 Å². The van der Waals surface area contributed by atoms with Crippen LogP contribution in [0.5, 0.6) is 0 Å². The van der Waals surface area contributed by atoms with Crippen molar-refractivity contribution in [2.24, 2.45) is 0 Å². The molecule has 0 fully saturated rings. The van der Waals surface area contributed by atoms with Gasteiger partial charge in [-0.15, -0.1) is 0 Å². The third-order valence-electron chi connectivity index (χ3n) is 4.43. The Bertz CT molecular complexity index is 1220. The molecule has 3 rings (SSSR count). The molecule has 144 valence electrons. The molecular weight excluding hydrogens is 394 g/mol. The number of fused-ring (bicyclic) bond motifs is 2. The molecular formula is C19H19CaNO7. The number of aromatic carboxylic acids is 2. The second kappa shape index (κ2) is 8.46. The topological polar surface area (TPSA) is 127 Å². The van der Waals surface area contributed by atoms with Crippen molar-refractivity contribution in [3.8, 4) is 0 Å². The van der Waals surface area contributed by atoms with Crippen LogP contribution in [0.15, 0.2) is 32.2 Å². The number of nitrogens with zero attached hydrogens (tertiary/aromatic N) is 1. The summed E-state index contributed by atoms with van der Waals surface area (Å²) in [7, 11) is 0. The number of hydrogen-bond donors (Lipinski definition) is 2. The van der Waals surface area contributed by atoms with Crippen molar-refractivity contribution in [1.29, 1.82) is 0 Å². The van der Waals surface area contributed by atoms with Gasteiger partial charge >= 0.3 is 49.7 Å². The van der Waals surface area contributed by atoms with Gasteiger partial charge in [0, 0.05) is 29.6 Å². The summed E-state index contributed by atoms with van der Waals surface area (Å²) in [4.78, 5) is 47.9. The minimum atomic E-state index is -1.39. The van der Waals surface area contributed by atoms with Gasteiger partial charge < -0.3 is 19.2 Å². The fourth-order valence-electron chi connectivity index (χ4n) is 3.34. The SMILES string of the molecule is CCCc1c2oc(C(=O)O)cc(=O)c2cc2c(=O)cc(C(=O)O)n(CC)c12.[CaH2]. The molecule has 0 atom stereocenters. The molecule has 0 radical (unpaired) electrons. The van der Waals surface area contributed by atoms with Crippen LogP contribution in [-0.4, -0.2) is 64.5 Å². The molecule has 2 aromatic heterocycles. The normalized spacial score (nSPS) is 10.8. The van der Waals surface area contributed by atoms with Crippen LogP contribution in [0.2, 0.25) is 0 Å². The molecule has 9 heteroatoms. The predicted molar refractivity (Wildman–Crippen MR) is 106 cm³/mol. The summed E-state index contributed by atoms with van der Waals surface area (Å²) in [6.07, 6.45) is 0.993. The van der Waals surface area contributed by atoms with Crippen molar-refractivity contribution < 1.29 is 24.2 Å². The Morgan fingerprint density at radius 3 is 2.18 bits per heavy atom. The van der Waals surface area contributed by atoms with Gasteiger partial charge in [-0.2, -0.15) is 0 Å². The van der Waals surface area contributed by atoms with Crippen molar-refractivity contribution in [3.63, 3.8) is 0 Å². The summed E-state index contributed by atoms with van der Waals surface area (Å²) in [6.45, 7) is 3.88. The summed E-state index contributed by atoms with van der Waals surface area (Å²) in [5, 5.41) is 19.0. The van der Waals surface area contributed by atoms with Crippen LogP contribution >= 0.6 is 0 Å². The standard InChI is InChI=1S/C19H17NO7.Ca.2H/c1-3-5-9-16-10(13(21)7-12(18(23)24)20(16)4-2)6-11-14(22)8-15(19(25)26)27-17(9)11;;;/h6-8H,3-5H2,1-2H3,(H,23,24)(H,25,26);;;. The van der Waals surface area contributed by atoms with E-state index in [0.717, 1.165) is 12.1 Å². The predicted octanol–water partition coefficient (Wildman–Crippen LogP) is 1.56. The van der Waals surface area contributed by atoms with Gasteiger partial charge in [0.15, 0.2) is 10.9 Å². The second-order valence-corrected chi connectivity index (χ2v) is 6.10. The van der Waals surface area contributed by atoms with Gasteiger partial charge in [-0.3, -0.25) is 9.59 Å². The molecule has 0 aliphatic heterocycles. The van der Waals surface area contributed by atoms with E-state index in [0.29, 0.717) is 23.9 Å². The molecule has 0 saturated heterocycles. The van der Waals surface area contributed by atoms with Gasteiger partial charge in [-0.25, -0.2) is 9.59 Å². The molecule has 2 heterocycles. The maximum atomic E-state index is 12.6. The van der Waals surface area contributed by atoms with Crippen molar-refractivity contribution in [2.45, 2.75) is 33.2 Å². The second-order valence-electron chi connectivity index (χ2n) is 6.10. The number of aromatic nitrogens is 1. The van der Waals surface area contributed by atoms with E-state index in [1.807, 2.05) is 6.92 Å². The van der Waals surface area contributed by atoms with Gasteiger partial charge in [0.05, 0.1) is 10.9 Å². The third-order valence-corrected chi connectivity index (χ3v) is 4.43. The van der Waals surface area contributed by atoms with Gasteiger partial charge in [-0.1, -0.05) is 13.3 Å². The average Bonchev–Trinajstić information content (AvgIpc) is 2.62. The summed E-state index contributed by atoms with van der Waals surface area (Å²) in [5.41, 5.74) is -0.401. The summed E-state index contributed by atoms with van der Waals surface area (Å²) in [6, 6.07) is 3.25. The first-order valence-corrected chi connectivity index (χ1v) is 8.44. The molecule has 8 nitrogen and oxygen atoms in total. The molecule has 0 bridgehead atoms. The molecule has 28 heavy (non-hydrogen) atoms. The van der Waals surface area contributed by atoms with Gasteiger partial charge in [0.2, 0.25) is 5.76 Å². The van der Waals surface area contributed by atoms with Gasteiger partial charge in [0.25, 0.3) is 0 Å². The number of carboxylic acids is 2. The molecule has 2 N–H and O–H groups in total. The van der Waals surface area contributed by atoms with Gasteiger partial charge in [-0.05, 0) is 19.4 Å². The first-order chi connectivity index (χ1) is 12.8. The quantitative estimate of drug-likeness (QED) is 0.480. The zero-order chi connectivity index (χ0) is 19.9. The van der Waals surface area contributed by atoms with E-state index in [1.165, 1.54) is 10.6 Å². The number of carbonyl (C=O) groups is 2. The number of aryl methyl sites for hydroxylation is 2. The first kappa shape index (κ1) is 22.1. The maximum absolute atomic E-state index is 12.6. The van der Waals surface area contributed by atoms with Crippen LogP contribution in [0, 0.1) is 0 Å². The Morgan fingerprint density at radius 2 is 1.64 bits per heavy atom. The number of pyridine rings is 1. The van der Waals surface area contributed by atoms with Crippen LogP contribution in [-0.2, 0) is 13.0 Å². The number of rotatable bonds is 5. The minimum absolute atomic E-state index is 0. The molecule has 0 amide bonds. The molecule has 0 unspecified atom stereocenters. The van der Waals surface area contributed by atoms with E-state index in [2.05, 4.69) is 0 Å². The van der Waals surface area contributed by atoms with Crippen molar-refractivity contribution in [3.05, 3.63) is 55.7 Å². The molecule has 3 aromatic rings. The van der Waals surface area contributed by atoms with Crippen LogP contribution in [0.4, 0.5) is 0 Å². The van der Waals surface area contributed by atoms with Crippen LogP contribution < -0.4 is 10.9 Å². The van der Waals surface area contributed by atoms with Crippen LogP contribution in [0.1, 0.15) is 46.9 Å². The van der Waals surface area contributed by atoms with Crippen molar-refractivity contribution in [2.75, 3.05) is 0 Å². The van der Waals surface area contributed by atoms with Crippen LogP contribution in [0.3, 0.4) is 0 Å². The van der Waals surface area contributed by atoms with Crippen molar-refractivity contribution in [1.82, 2.24) is 4.57 Å². The van der Waals surface area contributed by atoms with E-state index >= 15 is 0 Å². The Morgan fingerprint density at radius 1 is 1.00 bits per heavy atom. The molecule has 0 aliphatic carbocycles. The van der Waals surface area contributed by atoms with E-state index in [-0.39, 0.29) is 66.3 Å². The number of carboxylic acid groups (broad SMARTS) is 2. The fraction of sp³-hybridized carbons (Fsp3) is 0.263. The Balaban J connectivity index is 0.00000280. The van der Waals surface area contributed by atoms with E-state index < -0.39 is 28.6 Å². The van der Waals surface area contributed by atoms with E-state index in [4.69, 9.17) is 4.42 Å². The summed E-state index contributed by atoms with van der Waals surface area (Å²) < 4.78 is 6.94.